The van der Waals surface area contributed by atoms with Gasteiger partial charge in [0.1, 0.15) is 11.5 Å². The van der Waals surface area contributed by atoms with Crippen molar-refractivity contribution >= 4 is 44.7 Å². The van der Waals surface area contributed by atoms with Gasteiger partial charge in [-0.25, -0.2) is 4.98 Å². The third-order valence-corrected chi connectivity index (χ3v) is 5.08. The third-order valence-electron chi connectivity index (χ3n) is 4.39. The van der Waals surface area contributed by atoms with Crippen LogP contribution in [-0.4, -0.2) is 25.5 Å². The maximum atomic E-state index is 12.8. The highest BCUT2D eigenvalue weighted by atomic mass is 32.1. The number of hydrogen-bond donors (Lipinski definition) is 3. The van der Waals surface area contributed by atoms with Crippen molar-refractivity contribution in [3.63, 3.8) is 0 Å². The molecule has 1 amide bonds. The fourth-order valence-electron chi connectivity index (χ4n) is 2.90. The lowest BCUT2D eigenvalue weighted by Crippen LogP contribution is -2.12. The van der Waals surface area contributed by atoms with Gasteiger partial charge in [-0.05, 0) is 36.1 Å². The van der Waals surface area contributed by atoms with Crippen LogP contribution in [0.25, 0.3) is 10.8 Å². The Balaban J connectivity index is 1.73. The van der Waals surface area contributed by atoms with Crippen molar-refractivity contribution in [3.8, 4) is 5.75 Å². The molecule has 0 aliphatic rings. The predicted octanol–water partition coefficient (Wildman–Crippen LogP) is 4.87. The fraction of sp³-hybridized carbons (Fsp3) is 0.0952. The summed E-state index contributed by atoms with van der Waals surface area (Å²) >= 11 is 1.10. The minimum absolute atomic E-state index is 0.0716. The minimum atomic E-state index is -0.488. The number of aliphatic hydroxyl groups excluding tert-OH is 1. The average Bonchev–Trinajstić information content (AvgIpc) is 3.18. The molecule has 3 N–H and O–H groups in total. The van der Waals surface area contributed by atoms with Crippen molar-refractivity contribution in [2.45, 2.75) is 13.5 Å². The molecular weight excluding hydrogens is 402 g/mol. The van der Waals surface area contributed by atoms with Crippen molar-refractivity contribution in [3.05, 3.63) is 71.5 Å². The molecule has 4 rings (SSSR count). The van der Waals surface area contributed by atoms with E-state index in [1.165, 1.54) is 0 Å². The number of benzene rings is 3. The van der Waals surface area contributed by atoms with Crippen LogP contribution in [-0.2, 0) is 6.61 Å². The van der Waals surface area contributed by atoms with E-state index in [4.69, 9.17) is 5.11 Å². The number of aryl methyl sites for hydroxylation is 1. The highest BCUT2D eigenvalue weighted by Crippen LogP contribution is 2.39. The summed E-state index contributed by atoms with van der Waals surface area (Å²) < 4.78 is 4.05. The van der Waals surface area contributed by atoms with Crippen molar-refractivity contribution < 1.29 is 15.0 Å². The zero-order chi connectivity index (χ0) is 21.1. The van der Waals surface area contributed by atoms with Crippen LogP contribution in [0.1, 0.15) is 21.7 Å². The summed E-state index contributed by atoms with van der Waals surface area (Å²) in [6, 6.07) is 15.7. The molecule has 0 bridgehead atoms. The number of carbonyl (C=O) groups is 1. The van der Waals surface area contributed by atoms with Crippen LogP contribution in [0, 0.1) is 6.92 Å². The van der Waals surface area contributed by atoms with Crippen LogP contribution in [0.2, 0.25) is 0 Å². The molecule has 0 radical (unpaired) electrons. The molecule has 9 heteroatoms. The summed E-state index contributed by atoms with van der Waals surface area (Å²) in [7, 11) is 0. The van der Waals surface area contributed by atoms with Crippen LogP contribution < -0.4 is 5.32 Å². The van der Waals surface area contributed by atoms with Crippen LogP contribution in [0.5, 0.6) is 5.75 Å². The van der Waals surface area contributed by atoms with Gasteiger partial charge < -0.3 is 15.5 Å². The lowest BCUT2D eigenvalue weighted by Gasteiger charge is -2.11. The summed E-state index contributed by atoms with van der Waals surface area (Å²) in [6.07, 6.45) is 0. The predicted molar refractivity (Wildman–Crippen MR) is 115 cm³/mol. The van der Waals surface area contributed by atoms with Crippen molar-refractivity contribution in [2.24, 2.45) is 10.2 Å². The van der Waals surface area contributed by atoms with Gasteiger partial charge in [-0.2, -0.15) is 4.37 Å². The maximum Gasteiger partial charge on any atom is 0.259 e. The number of amides is 1. The second-order valence-corrected chi connectivity index (χ2v) is 7.21. The number of anilines is 1. The molecule has 3 aromatic carbocycles. The number of phenolic OH excluding ortho intramolecular Hbond substituents is 1. The number of rotatable bonds is 5. The first-order valence-corrected chi connectivity index (χ1v) is 9.80. The Morgan fingerprint density at radius 3 is 2.60 bits per heavy atom. The first kappa shape index (κ1) is 19.6. The van der Waals surface area contributed by atoms with E-state index in [1.54, 1.807) is 43.3 Å². The van der Waals surface area contributed by atoms with Gasteiger partial charge in [-0.1, -0.05) is 36.4 Å². The van der Waals surface area contributed by atoms with Gasteiger partial charge >= 0.3 is 0 Å². The van der Waals surface area contributed by atoms with E-state index in [2.05, 4.69) is 24.9 Å². The van der Waals surface area contributed by atoms with E-state index >= 15 is 0 Å². The van der Waals surface area contributed by atoms with Crippen molar-refractivity contribution in [2.75, 3.05) is 5.32 Å². The third kappa shape index (κ3) is 4.02. The molecule has 0 fully saturated rings. The molecule has 0 aliphatic carbocycles. The summed E-state index contributed by atoms with van der Waals surface area (Å²) in [5, 5.41) is 32.7. The number of aliphatic hydroxyl groups is 1. The number of carbonyl (C=O) groups excluding carboxylic acids is 1. The molecule has 8 nitrogen and oxygen atoms in total. The van der Waals surface area contributed by atoms with Crippen molar-refractivity contribution in [1.82, 2.24) is 9.36 Å². The molecule has 0 spiro atoms. The van der Waals surface area contributed by atoms with Gasteiger partial charge in [0.15, 0.2) is 5.75 Å². The van der Waals surface area contributed by atoms with Gasteiger partial charge in [-0.3, -0.25) is 4.79 Å². The van der Waals surface area contributed by atoms with Crippen LogP contribution in [0.4, 0.5) is 16.5 Å². The lowest BCUT2D eigenvalue weighted by molar-refractivity contribution is 0.102. The molecule has 150 valence electrons. The summed E-state index contributed by atoms with van der Waals surface area (Å²) in [5.74, 6) is -0.176. The van der Waals surface area contributed by atoms with Gasteiger partial charge in [0.2, 0.25) is 5.13 Å². The second kappa shape index (κ2) is 8.36. The first-order valence-electron chi connectivity index (χ1n) is 9.03. The van der Waals surface area contributed by atoms with Gasteiger partial charge in [0.05, 0.1) is 12.2 Å². The van der Waals surface area contributed by atoms with E-state index in [-0.39, 0.29) is 23.6 Å². The van der Waals surface area contributed by atoms with E-state index in [0.717, 1.165) is 22.5 Å². The Morgan fingerprint density at radius 1 is 1.13 bits per heavy atom. The standard InChI is InChI=1S/C21H17N5O3S/c1-12-22-21(30-26-12)25-24-18-16-5-3-2-4-14(16)10-17(19(18)28)20(29)23-15-8-6-13(11-27)7-9-15/h2-10,27-28H,11H2,1H3,(H,23,29)/b25-24+. The van der Waals surface area contributed by atoms with Crippen LogP contribution in [0.3, 0.4) is 0 Å². The number of azo groups is 1. The van der Waals surface area contributed by atoms with Crippen molar-refractivity contribution in [1.29, 1.82) is 0 Å². The fourth-order valence-corrected chi connectivity index (χ4v) is 3.41. The Kier molecular flexibility index (Phi) is 5.46. The minimum Gasteiger partial charge on any atom is -0.505 e. The monoisotopic (exact) mass is 419 g/mol. The molecule has 1 heterocycles. The number of phenols is 1. The summed E-state index contributed by atoms with van der Waals surface area (Å²) in [6.45, 7) is 1.67. The lowest BCUT2D eigenvalue weighted by atomic mass is 10.0. The Bertz CT molecular complexity index is 1250. The van der Waals surface area contributed by atoms with E-state index in [9.17, 15) is 9.90 Å². The normalized spacial score (nSPS) is 11.3. The van der Waals surface area contributed by atoms with E-state index in [1.807, 2.05) is 18.2 Å². The molecule has 4 aromatic rings. The molecule has 0 saturated heterocycles. The average molecular weight is 419 g/mol. The van der Waals surface area contributed by atoms with Gasteiger partial charge in [-0.15, -0.1) is 10.2 Å². The van der Waals surface area contributed by atoms with Crippen LogP contribution >= 0.6 is 11.5 Å². The highest BCUT2D eigenvalue weighted by Gasteiger charge is 2.18. The topological polar surface area (TPSA) is 120 Å². The Labute approximate surface area is 175 Å². The smallest absolute Gasteiger partial charge is 0.259 e. The van der Waals surface area contributed by atoms with Gasteiger partial charge in [0, 0.05) is 22.6 Å². The zero-order valence-electron chi connectivity index (χ0n) is 15.9. The highest BCUT2D eigenvalue weighted by molar-refractivity contribution is 7.09. The largest absolute Gasteiger partial charge is 0.505 e. The number of nitrogens with zero attached hydrogens (tertiary/aromatic N) is 4. The Hall–Kier alpha value is -3.69. The number of aromatic hydroxyl groups is 1. The number of aromatic nitrogens is 2. The molecule has 0 atom stereocenters. The van der Waals surface area contributed by atoms with Gasteiger partial charge in [0.25, 0.3) is 5.91 Å². The first-order chi connectivity index (χ1) is 14.5. The molecule has 30 heavy (non-hydrogen) atoms. The summed E-state index contributed by atoms with van der Waals surface area (Å²) in [5.41, 5.74) is 1.53. The molecule has 0 saturated carbocycles. The summed E-state index contributed by atoms with van der Waals surface area (Å²) in [4.78, 5) is 17.0. The van der Waals surface area contributed by atoms with E-state index < -0.39 is 5.91 Å². The maximum absolute atomic E-state index is 12.8. The number of hydrogen-bond acceptors (Lipinski definition) is 8. The zero-order valence-corrected chi connectivity index (χ0v) is 16.7. The number of nitrogens with one attached hydrogen (secondary N) is 1. The molecule has 0 unspecified atom stereocenters. The quantitative estimate of drug-likeness (QED) is 0.399. The molecular formula is C21H17N5O3S. The second-order valence-electron chi connectivity index (χ2n) is 6.48. The molecule has 0 aliphatic heterocycles. The van der Waals surface area contributed by atoms with Crippen LogP contribution in [0.15, 0.2) is 64.8 Å². The Morgan fingerprint density at radius 2 is 1.90 bits per heavy atom. The van der Waals surface area contributed by atoms with E-state index in [0.29, 0.717) is 22.0 Å². The number of fused-ring (bicyclic) bond motifs is 1. The molecule has 1 aromatic heterocycles. The SMILES string of the molecule is Cc1nsc(/N=N/c2c(O)c(C(=O)Nc3ccc(CO)cc3)cc3ccccc23)n1.